The van der Waals surface area contributed by atoms with Crippen molar-refractivity contribution >= 4 is 21.7 Å². The number of hydrogen-bond donors (Lipinski definition) is 1. The van der Waals surface area contributed by atoms with Crippen LogP contribution in [0.5, 0.6) is 0 Å². The minimum Gasteiger partial charge on any atom is -0.389 e. The van der Waals surface area contributed by atoms with Crippen molar-refractivity contribution in [1.82, 2.24) is 9.97 Å². The van der Waals surface area contributed by atoms with E-state index >= 15 is 0 Å². The van der Waals surface area contributed by atoms with Gasteiger partial charge in [-0.15, -0.1) is 0 Å². The molecule has 1 N–H and O–H groups in total. The fraction of sp³-hybridized carbons (Fsp3) is 0.556. The zero-order valence-corrected chi connectivity index (χ0v) is 10.1. The fourth-order valence-electron chi connectivity index (χ4n) is 1.19. The Bertz CT molecular complexity index is 311. The summed E-state index contributed by atoms with van der Waals surface area (Å²) in [5, 5.41) is 9.62. The highest BCUT2D eigenvalue weighted by Crippen LogP contribution is 2.15. The molecule has 0 bridgehead atoms. The van der Waals surface area contributed by atoms with E-state index < -0.39 is 5.60 Å². The highest BCUT2D eigenvalue weighted by molar-refractivity contribution is 9.10. The number of rotatable bonds is 3. The van der Waals surface area contributed by atoms with Gasteiger partial charge in [-0.25, -0.2) is 9.97 Å². The number of hydrogen-bond acceptors (Lipinski definition) is 4. The van der Waals surface area contributed by atoms with Gasteiger partial charge in [0.25, 0.3) is 0 Å². The van der Waals surface area contributed by atoms with Gasteiger partial charge in [-0.1, -0.05) is 0 Å². The second-order valence-corrected chi connectivity index (χ2v) is 4.68. The molecule has 5 heteroatoms. The summed E-state index contributed by atoms with van der Waals surface area (Å²) in [6.45, 7) is 4.05. The van der Waals surface area contributed by atoms with E-state index in [1.54, 1.807) is 13.8 Å². The Labute approximate surface area is 92.1 Å². The first-order chi connectivity index (χ1) is 6.38. The van der Waals surface area contributed by atoms with Crippen LogP contribution in [0.25, 0.3) is 0 Å². The second-order valence-electron chi connectivity index (χ2n) is 3.87. The molecule has 0 spiro atoms. The number of anilines is 1. The van der Waals surface area contributed by atoms with E-state index in [9.17, 15) is 5.11 Å². The van der Waals surface area contributed by atoms with E-state index in [2.05, 4.69) is 25.9 Å². The summed E-state index contributed by atoms with van der Waals surface area (Å²) in [6.07, 6.45) is 1.49. The average Bonchev–Trinajstić information content (AvgIpc) is 2.01. The lowest BCUT2D eigenvalue weighted by Gasteiger charge is -2.26. The molecule has 0 saturated heterocycles. The third-order valence-corrected chi connectivity index (χ3v) is 2.07. The molecule has 1 aromatic heterocycles. The molecule has 0 saturated carbocycles. The lowest BCUT2D eigenvalue weighted by Crippen LogP contribution is -2.36. The third kappa shape index (κ3) is 3.59. The molecule has 0 fully saturated rings. The summed E-state index contributed by atoms with van der Waals surface area (Å²) in [6, 6.07) is 1.81. The molecule has 0 radical (unpaired) electrons. The van der Waals surface area contributed by atoms with Gasteiger partial charge in [0, 0.05) is 19.7 Å². The third-order valence-electron chi connectivity index (χ3n) is 1.63. The molecule has 0 aliphatic rings. The molecule has 0 aliphatic carbocycles. The number of likely N-dealkylation sites (N-methyl/N-ethyl adjacent to an activating group) is 1. The topological polar surface area (TPSA) is 49.2 Å². The Hall–Kier alpha value is -0.680. The molecular formula is C9H14BrN3O. The van der Waals surface area contributed by atoms with Crippen molar-refractivity contribution in [3.05, 3.63) is 17.0 Å². The highest BCUT2D eigenvalue weighted by atomic mass is 79.9. The van der Waals surface area contributed by atoms with Crippen LogP contribution >= 0.6 is 15.9 Å². The summed E-state index contributed by atoms with van der Waals surface area (Å²) in [5.74, 6) is 0.786. The van der Waals surface area contributed by atoms with Crippen LogP contribution in [-0.2, 0) is 0 Å². The predicted molar refractivity (Wildman–Crippen MR) is 59.3 cm³/mol. The molecule has 78 valence electrons. The summed E-state index contributed by atoms with van der Waals surface area (Å²) in [5.41, 5.74) is -0.730. The SMILES string of the molecule is CN(CC(C)(C)O)c1cc(Br)ncn1. The summed E-state index contributed by atoms with van der Waals surface area (Å²) in [7, 11) is 1.88. The van der Waals surface area contributed by atoms with Crippen LogP contribution < -0.4 is 4.90 Å². The van der Waals surface area contributed by atoms with E-state index in [1.165, 1.54) is 6.33 Å². The maximum Gasteiger partial charge on any atom is 0.132 e. The van der Waals surface area contributed by atoms with E-state index in [1.807, 2.05) is 18.0 Å². The molecule has 0 amide bonds. The Morgan fingerprint density at radius 1 is 1.50 bits per heavy atom. The minimum atomic E-state index is -0.730. The molecule has 0 aliphatic heterocycles. The van der Waals surface area contributed by atoms with Crippen molar-refractivity contribution in [2.45, 2.75) is 19.4 Å². The van der Waals surface area contributed by atoms with Gasteiger partial charge >= 0.3 is 0 Å². The minimum absolute atomic E-state index is 0.524. The molecule has 1 rings (SSSR count). The van der Waals surface area contributed by atoms with Crippen LogP contribution in [0.3, 0.4) is 0 Å². The van der Waals surface area contributed by atoms with Gasteiger partial charge in [-0.3, -0.25) is 0 Å². The van der Waals surface area contributed by atoms with E-state index in [0.29, 0.717) is 6.54 Å². The van der Waals surface area contributed by atoms with Crippen LogP contribution in [0, 0.1) is 0 Å². The van der Waals surface area contributed by atoms with E-state index in [4.69, 9.17) is 0 Å². The Kier molecular flexibility index (Phi) is 3.44. The summed E-state index contributed by atoms with van der Waals surface area (Å²) in [4.78, 5) is 9.91. The van der Waals surface area contributed by atoms with Crippen molar-refractivity contribution in [3.63, 3.8) is 0 Å². The van der Waals surface area contributed by atoms with Crippen molar-refractivity contribution in [3.8, 4) is 0 Å². The predicted octanol–water partition coefficient (Wildman–Crippen LogP) is 1.45. The average molecular weight is 260 g/mol. The van der Waals surface area contributed by atoms with Crippen LogP contribution in [0.1, 0.15) is 13.8 Å². The van der Waals surface area contributed by atoms with Crippen LogP contribution in [0.4, 0.5) is 5.82 Å². The Morgan fingerprint density at radius 2 is 2.14 bits per heavy atom. The number of nitrogens with zero attached hydrogens (tertiary/aromatic N) is 3. The first kappa shape index (κ1) is 11.4. The zero-order chi connectivity index (χ0) is 10.8. The highest BCUT2D eigenvalue weighted by Gasteiger charge is 2.16. The monoisotopic (exact) mass is 259 g/mol. The van der Waals surface area contributed by atoms with Gasteiger partial charge < -0.3 is 10.0 Å². The first-order valence-corrected chi connectivity index (χ1v) is 5.09. The largest absolute Gasteiger partial charge is 0.389 e. The lowest BCUT2D eigenvalue weighted by molar-refractivity contribution is 0.0884. The second kappa shape index (κ2) is 4.23. The van der Waals surface area contributed by atoms with Crippen molar-refractivity contribution < 1.29 is 5.11 Å². The number of aromatic nitrogens is 2. The van der Waals surface area contributed by atoms with Gasteiger partial charge in [-0.2, -0.15) is 0 Å². The number of halogens is 1. The smallest absolute Gasteiger partial charge is 0.132 e. The van der Waals surface area contributed by atoms with Gasteiger partial charge in [0.05, 0.1) is 5.60 Å². The van der Waals surface area contributed by atoms with Crippen molar-refractivity contribution in [2.24, 2.45) is 0 Å². The van der Waals surface area contributed by atoms with E-state index in [0.717, 1.165) is 10.4 Å². The fourth-order valence-corrected chi connectivity index (χ4v) is 1.49. The molecule has 1 aromatic rings. The van der Waals surface area contributed by atoms with Crippen LogP contribution in [0.2, 0.25) is 0 Å². The zero-order valence-electron chi connectivity index (χ0n) is 8.53. The first-order valence-electron chi connectivity index (χ1n) is 4.29. The van der Waals surface area contributed by atoms with Crippen LogP contribution in [0.15, 0.2) is 17.0 Å². The Balaban J connectivity index is 2.74. The molecule has 4 nitrogen and oxygen atoms in total. The van der Waals surface area contributed by atoms with Crippen LogP contribution in [-0.4, -0.2) is 34.3 Å². The number of aliphatic hydroxyl groups is 1. The molecule has 14 heavy (non-hydrogen) atoms. The Morgan fingerprint density at radius 3 is 2.64 bits per heavy atom. The van der Waals surface area contributed by atoms with Gasteiger partial charge in [-0.05, 0) is 29.8 Å². The molecule has 0 unspecified atom stereocenters. The maximum atomic E-state index is 9.62. The molecule has 0 atom stereocenters. The van der Waals surface area contributed by atoms with Crippen molar-refractivity contribution in [2.75, 3.05) is 18.5 Å². The normalized spacial score (nSPS) is 11.5. The quantitative estimate of drug-likeness (QED) is 0.835. The van der Waals surface area contributed by atoms with E-state index in [-0.39, 0.29) is 0 Å². The van der Waals surface area contributed by atoms with Gasteiger partial charge in [0.2, 0.25) is 0 Å². The summed E-state index contributed by atoms with van der Waals surface area (Å²) < 4.78 is 0.741. The molecule has 1 heterocycles. The van der Waals surface area contributed by atoms with Gasteiger partial charge in [0.15, 0.2) is 0 Å². The molecular weight excluding hydrogens is 246 g/mol. The van der Waals surface area contributed by atoms with Crippen molar-refractivity contribution in [1.29, 1.82) is 0 Å². The lowest BCUT2D eigenvalue weighted by atomic mass is 10.1. The summed E-state index contributed by atoms with van der Waals surface area (Å²) >= 11 is 3.27. The standard InChI is InChI=1S/C9H14BrN3O/c1-9(2,14)5-13(3)8-4-7(10)11-6-12-8/h4,6,14H,5H2,1-3H3. The maximum absolute atomic E-state index is 9.62. The van der Waals surface area contributed by atoms with Gasteiger partial charge in [0.1, 0.15) is 16.7 Å². The molecule has 0 aromatic carbocycles.